The van der Waals surface area contributed by atoms with E-state index < -0.39 is 6.10 Å². The van der Waals surface area contributed by atoms with Crippen molar-refractivity contribution in [2.24, 2.45) is 4.99 Å². The van der Waals surface area contributed by atoms with Gasteiger partial charge in [-0.2, -0.15) is 0 Å². The molecule has 2 aromatic rings. The number of ether oxygens (including phenoxy) is 1. The Kier molecular flexibility index (Phi) is 7.89. The van der Waals surface area contributed by atoms with Crippen LogP contribution in [0.1, 0.15) is 18.1 Å². The summed E-state index contributed by atoms with van der Waals surface area (Å²) in [4.78, 5) is 4.51. The van der Waals surface area contributed by atoms with Crippen LogP contribution in [0.25, 0.3) is 0 Å². The lowest BCUT2D eigenvalue weighted by molar-refractivity contribution is 0.110. The van der Waals surface area contributed by atoms with E-state index >= 15 is 0 Å². The van der Waals surface area contributed by atoms with E-state index in [0.29, 0.717) is 24.8 Å². The molecule has 0 aliphatic heterocycles. The highest BCUT2D eigenvalue weighted by Crippen LogP contribution is 2.11. The molecule has 0 fully saturated rings. The number of halogens is 1. The minimum absolute atomic E-state index is 0.107. The summed E-state index contributed by atoms with van der Waals surface area (Å²) in [6, 6.07) is 13.9. The molecular formula is C20H26FN3O2. The van der Waals surface area contributed by atoms with Crippen molar-refractivity contribution in [3.05, 3.63) is 65.5 Å². The summed E-state index contributed by atoms with van der Waals surface area (Å²) in [6.45, 7) is 5.71. The Bertz CT molecular complexity index is 687. The largest absolute Gasteiger partial charge is 0.491 e. The van der Waals surface area contributed by atoms with Gasteiger partial charge in [-0.15, -0.1) is 0 Å². The standard InChI is InChI=1S/C20H26FN3O2/c1-3-22-20(23-12-16-6-4-15(2)5-7-16)24-13-18(25)14-26-19-10-8-17(21)9-11-19/h4-11,18,25H,3,12-14H2,1-2H3,(H2,22,23,24). The molecule has 0 aromatic heterocycles. The first-order valence-corrected chi connectivity index (χ1v) is 8.71. The van der Waals surface area contributed by atoms with Crippen LogP contribution < -0.4 is 15.4 Å². The average molecular weight is 359 g/mol. The summed E-state index contributed by atoms with van der Waals surface area (Å²) in [6.07, 6.45) is -0.719. The first kappa shape index (κ1) is 19.7. The number of aliphatic imine (C=N–C) groups is 1. The molecule has 3 N–H and O–H groups in total. The van der Waals surface area contributed by atoms with Crippen LogP contribution in [0.4, 0.5) is 4.39 Å². The molecular weight excluding hydrogens is 333 g/mol. The molecule has 0 heterocycles. The van der Waals surface area contributed by atoms with E-state index in [-0.39, 0.29) is 12.4 Å². The summed E-state index contributed by atoms with van der Waals surface area (Å²) < 4.78 is 18.3. The molecule has 26 heavy (non-hydrogen) atoms. The lowest BCUT2D eigenvalue weighted by Gasteiger charge is -2.16. The summed E-state index contributed by atoms with van der Waals surface area (Å²) in [7, 11) is 0. The smallest absolute Gasteiger partial charge is 0.191 e. The number of hydrogen-bond acceptors (Lipinski definition) is 3. The highest BCUT2D eigenvalue weighted by molar-refractivity contribution is 5.79. The summed E-state index contributed by atoms with van der Waals surface area (Å²) in [5.41, 5.74) is 2.33. The summed E-state index contributed by atoms with van der Waals surface area (Å²) in [5, 5.41) is 16.3. The Labute approximate surface area is 153 Å². The number of nitrogens with one attached hydrogen (secondary N) is 2. The van der Waals surface area contributed by atoms with Crippen molar-refractivity contribution in [3.63, 3.8) is 0 Å². The third-order valence-electron chi connectivity index (χ3n) is 3.65. The van der Waals surface area contributed by atoms with Crippen molar-refractivity contribution in [1.82, 2.24) is 10.6 Å². The van der Waals surface area contributed by atoms with Crippen molar-refractivity contribution < 1.29 is 14.2 Å². The van der Waals surface area contributed by atoms with Crippen LogP contribution >= 0.6 is 0 Å². The molecule has 0 spiro atoms. The van der Waals surface area contributed by atoms with E-state index in [0.717, 1.165) is 12.1 Å². The molecule has 140 valence electrons. The quantitative estimate of drug-likeness (QED) is 0.501. The van der Waals surface area contributed by atoms with Gasteiger partial charge in [-0.05, 0) is 43.7 Å². The number of aliphatic hydroxyl groups excluding tert-OH is 1. The second-order valence-electron chi connectivity index (χ2n) is 5.98. The van der Waals surface area contributed by atoms with E-state index in [1.165, 1.54) is 29.8 Å². The molecule has 0 amide bonds. The number of nitrogens with zero attached hydrogens (tertiary/aromatic N) is 1. The Morgan fingerprint density at radius 1 is 1.12 bits per heavy atom. The van der Waals surface area contributed by atoms with E-state index in [4.69, 9.17) is 4.74 Å². The van der Waals surface area contributed by atoms with E-state index in [2.05, 4.69) is 27.8 Å². The predicted molar refractivity (Wildman–Crippen MR) is 102 cm³/mol. The Hall–Kier alpha value is -2.60. The van der Waals surface area contributed by atoms with Gasteiger partial charge in [-0.1, -0.05) is 29.8 Å². The molecule has 1 unspecified atom stereocenters. The van der Waals surface area contributed by atoms with Crippen LogP contribution in [0, 0.1) is 12.7 Å². The number of aliphatic hydroxyl groups is 1. The van der Waals surface area contributed by atoms with Gasteiger partial charge in [0.25, 0.3) is 0 Å². The zero-order chi connectivity index (χ0) is 18.8. The maximum Gasteiger partial charge on any atom is 0.191 e. The first-order chi connectivity index (χ1) is 12.6. The third-order valence-corrected chi connectivity index (χ3v) is 3.65. The molecule has 0 saturated heterocycles. The molecule has 0 aliphatic rings. The Balaban J connectivity index is 1.79. The molecule has 2 rings (SSSR count). The van der Waals surface area contributed by atoms with Crippen molar-refractivity contribution in [2.75, 3.05) is 19.7 Å². The minimum Gasteiger partial charge on any atom is -0.491 e. The molecule has 1 atom stereocenters. The second-order valence-corrected chi connectivity index (χ2v) is 5.98. The minimum atomic E-state index is -0.719. The van der Waals surface area contributed by atoms with Crippen LogP contribution in [0.15, 0.2) is 53.5 Å². The van der Waals surface area contributed by atoms with Gasteiger partial charge >= 0.3 is 0 Å². The van der Waals surface area contributed by atoms with Gasteiger partial charge < -0.3 is 20.5 Å². The predicted octanol–water partition coefficient (Wildman–Crippen LogP) is 2.63. The van der Waals surface area contributed by atoms with Gasteiger partial charge in [0.1, 0.15) is 24.3 Å². The zero-order valence-electron chi connectivity index (χ0n) is 15.2. The van der Waals surface area contributed by atoms with Gasteiger partial charge in [-0.3, -0.25) is 0 Å². The van der Waals surface area contributed by atoms with Gasteiger partial charge in [0.15, 0.2) is 5.96 Å². The first-order valence-electron chi connectivity index (χ1n) is 8.71. The molecule has 5 nitrogen and oxygen atoms in total. The third kappa shape index (κ3) is 7.11. The molecule has 0 aliphatic carbocycles. The van der Waals surface area contributed by atoms with Gasteiger partial charge in [0.05, 0.1) is 6.54 Å². The van der Waals surface area contributed by atoms with E-state index in [1.54, 1.807) is 0 Å². The lowest BCUT2D eigenvalue weighted by atomic mass is 10.1. The SMILES string of the molecule is CCNC(=NCc1ccc(C)cc1)NCC(O)COc1ccc(F)cc1. The average Bonchev–Trinajstić information content (AvgIpc) is 2.65. The fourth-order valence-corrected chi connectivity index (χ4v) is 2.20. The number of guanidine groups is 1. The molecule has 6 heteroatoms. The van der Waals surface area contributed by atoms with Crippen molar-refractivity contribution in [2.45, 2.75) is 26.5 Å². The normalized spacial score (nSPS) is 12.5. The molecule has 0 saturated carbocycles. The van der Waals surface area contributed by atoms with Crippen molar-refractivity contribution in [3.8, 4) is 5.75 Å². The lowest BCUT2D eigenvalue weighted by Crippen LogP contribution is -2.42. The highest BCUT2D eigenvalue weighted by Gasteiger charge is 2.07. The maximum absolute atomic E-state index is 12.8. The summed E-state index contributed by atoms with van der Waals surface area (Å²) in [5.74, 6) is 0.832. The molecule has 0 radical (unpaired) electrons. The van der Waals surface area contributed by atoms with E-state index in [1.807, 2.05) is 26.0 Å². The zero-order valence-corrected chi connectivity index (χ0v) is 15.2. The molecule has 0 bridgehead atoms. The topological polar surface area (TPSA) is 65.9 Å². The summed E-state index contributed by atoms with van der Waals surface area (Å²) >= 11 is 0. The van der Waals surface area contributed by atoms with Crippen LogP contribution in [0.5, 0.6) is 5.75 Å². The molecule has 2 aromatic carbocycles. The fraction of sp³-hybridized carbons (Fsp3) is 0.350. The van der Waals surface area contributed by atoms with Crippen LogP contribution in [-0.2, 0) is 6.54 Å². The van der Waals surface area contributed by atoms with Crippen molar-refractivity contribution >= 4 is 5.96 Å². The highest BCUT2D eigenvalue weighted by atomic mass is 19.1. The Morgan fingerprint density at radius 3 is 2.46 bits per heavy atom. The number of rotatable bonds is 8. The van der Waals surface area contributed by atoms with Crippen LogP contribution in [0.2, 0.25) is 0 Å². The second kappa shape index (κ2) is 10.4. The van der Waals surface area contributed by atoms with Crippen molar-refractivity contribution in [1.29, 1.82) is 0 Å². The maximum atomic E-state index is 12.8. The van der Waals surface area contributed by atoms with Gasteiger partial charge in [0, 0.05) is 13.1 Å². The van der Waals surface area contributed by atoms with E-state index in [9.17, 15) is 9.50 Å². The van der Waals surface area contributed by atoms with Crippen LogP contribution in [0.3, 0.4) is 0 Å². The van der Waals surface area contributed by atoms with Gasteiger partial charge in [-0.25, -0.2) is 9.38 Å². The number of hydrogen-bond donors (Lipinski definition) is 3. The van der Waals surface area contributed by atoms with Gasteiger partial charge in [0.2, 0.25) is 0 Å². The monoisotopic (exact) mass is 359 g/mol. The van der Waals surface area contributed by atoms with Crippen LogP contribution in [-0.4, -0.2) is 36.9 Å². The number of aryl methyl sites for hydroxylation is 1. The Morgan fingerprint density at radius 2 is 1.81 bits per heavy atom. The fourth-order valence-electron chi connectivity index (χ4n) is 2.20. The number of benzene rings is 2.